The quantitative estimate of drug-likeness (QED) is 0.580. The first-order chi connectivity index (χ1) is 6.33. The lowest BCUT2D eigenvalue weighted by Crippen LogP contribution is -2.17. The standard InChI is InChI=1S/C10H21NO2/c1-2-12-7-8-13-9-10(3-4-10)5-6-11/h2-9,11H2,1H3. The molecule has 0 radical (unpaired) electrons. The van der Waals surface area contributed by atoms with Gasteiger partial charge in [-0.1, -0.05) is 0 Å². The maximum Gasteiger partial charge on any atom is 0.0700 e. The van der Waals surface area contributed by atoms with E-state index in [0.29, 0.717) is 5.41 Å². The number of ether oxygens (including phenoxy) is 2. The van der Waals surface area contributed by atoms with Crippen molar-refractivity contribution in [2.45, 2.75) is 26.2 Å². The van der Waals surface area contributed by atoms with Crippen LogP contribution in [0, 0.1) is 5.41 Å². The Labute approximate surface area is 80.6 Å². The highest BCUT2D eigenvalue weighted by Gasteiger charge is 2.41. The predicted molar refractivity (Wildman–Crippen MR) is 52.7 cm³/mol. The van der Waals surface area contributed by atoms with E-state index in [1.54, 1.807) is 0 Å². The van der Waals surface area contributed by atoms with Crippen molar-refractivity contribution in [3.8, 4) is 0 Å². The van der Waals surface area contributed by atoms with Crippen molar-refractivity contribution >= 4 is 0 Å². The molecule has 0 spiro atoms. The molecule has 13 heavy (non-hydrogen) atoms. The average Bonchev–Trinajstić information content (AvgIpc) is 2.86. The number of nitrogens with two attached hydrogens (primary N) is 1. The van der Waals surface area contributed by atoms with Gasteiger partial charge < -0.3 is 15.2 Å². The average molecular weight is 187 g/mol. The van der Waals surface area contributed by atoms with E-state index in [2.05, 4.69) is 0 Å². The smallest absolute Gasteiger partial charge is 0.0700 e. The van der Waals surface area contributed by atoms with E-state index in [-0.39, 0.29) is 0 Å². The first-order valence-electron chi connectivity index (χ1n) is 5.18. The molecule has 1 rings (SSSR count). The molecule has 0 bridgehead atoms. The summed E-state index contributed by atoms with van der Waals surface area (Å²) >= 11 is 0. The summed E-state index contributed by atoms with van der Waals surface area (Å²) in [5.74, 6) is 0. The maximum atomic E-state index is 5.54. The van der Waals surface area contributed by atoms with Gasteiger partial charge >= 0.3 is 0 Å². The fourth-order valence-electron chi connectivity index (χ4n) is 1.50. The van der Waals surface area contributed by atoms with Gasteiger partial charge in [-0.05, 0) is 38.1 Å². The second kappa shape index (κ2) is 5.58. The van der Waals surface area contributed by atoms with Crippen LogP contribution in [0.2, 0.25) is 0 Å². The van der Waals surface area contributed by atoms with Crippen molar-refractivity contribution in [3.05, 3.63) is 0 Å². The lowest BCUT2D eigenvalue weighted by atomic mass is 10.0. The van der Waals surface area contributed by atoms with Gasteiger partial charge in [0.2, 0.25) is 0 Å². The summed E-state index contributed by atoms with van der Waals surface area (Å²) in [6.07, 6.45) is 3.69. The van der Waals surface area contributed by atoms with Gasteiger partial charge in [0.05, 0.1) is 19.8 Å². The lowest BCUT2D eigenvalue weighted by molar-refractivity contribution is 0.0314. The van der Waals surface area contributed by atoms with E-state index in [1.165, 1.54) is 12.8 Å². The zero-order valence-electron chi connectivity index (χ0n) is 8.55. The topological polar surface area (TPSA) is 44.5 Å². The molecule has 3 nitrogen and oxygen atoms in total. The van der Waals surface area contributed by atoms with Crippen LogP contribution in [0.1, 0.15) is 26.2 Å². The van der Waals surface area contributed by atoms with Gasteiger partial charge in [-0.25, -0.2) is 0 Å². The molecular formula is C10H21NO2. The molecule has 1 saturated carbocycles. The number of hydrogen-bond donors (Lipinski definition) is 1. The maximum absolute atomic E-state index is 5.54. The molecule has 1 aliphatic rings. The third-order valence-corrected chi connectivity index (χ3v) is 2.62. The van der Waals surface area contributed by atoms with Crippen LogP contribution in [0.5, 0.6) is 0 Å². The summed E-state index contributed by atoms with van der Waals surface area (Å²) < 4.78 is 10.7. The minimum Gasteiger partial charge on any atom is -0.379 e. The molecule has 0 aromatic carbocycles. The molecule has 0 saturated heterocycles. The van der Waals surface area contributed by atoms with Gasteiger partial charge in [0.1, 0.15) is 0 Å². The molecule has 0 unspecified atom stereocenters. The lowest BCUT2D eigenvalue weighted by Gasteiger charge is -2.13. The van der Waals surface area contributed by atoms with E-state index in [4.69, 9.17) is 15.2 Å². The third-order valence-electron chi connectivity index (χ3n) is 2.62. The van der Waals surface area contributed by atoms with Crippen LogP contribution in [-0.2, 0) is 9.47 Å². The predicted octanol–water partition coefficient (Wildman–Crippen LogP) is 1.17. The largest absolute Gasteiger partial charge is 0.379 e. The molecule has 3 heteroatoms. The van der Waals surface area contributed by atoms with Crippen molar-refractivity contribution in [1.82, 2.24) is 0 Å². The highest BCUT2D eigenvalue weighted by atomic mass is 16.5. The summed E-state index contributed by atoms with van der Waals surface area (Å²) in [7, 11) is 0. The van der Waals surface area contributed by atoms with Crippen LogP contribution in [-0.4, -0.2) is 33.0 Å². The van der Waals surface area contributed by atoms with E-state index in [9.17, 15) is 0 Å². The fraction of sp³-hybridized carbons (Fsp3) is 1.00. The monoisotopic (exact) mass is 187 g/mol. The zero-order chi connectivity index (χ0) is 9.57. The number of rotatable bonds is 8. The molecule has 1 fully saturated rings. The van der Waals surface area contributed by atoms with Gasteiger partial charge in [-0.2, -0.15) is 0 Å². The van der Waals surface area contributed by atoms with Gasteiger partial charge in [0.15, 0.2) is 0 Å². The van der Waals surface area contributed by atoms with Gasteiger partial charge in [0.25, 0.3) is 0 Å². The molecule has 0 aliphatic heterocycles. The summed E-state index contributed by atoms with van der Waals surface area (Å²) in [4.78, 5) is 0. The molecule has 0 aromatic heterocycles. The molecule has 0 amide bonds. The van der Waals surface area contributed by atoms with Gasteiger partial charge in [-0.3, -0.25) is 0 Å². The minimum atomic E-state index is 0.445. The van der Waals surface area contributed by atoms with Crippen LogP contribution in [0.15, 0.2) is 0 Å². The van der Waals surface area contributed by atoms with Crippen LogP contribution >= 0.6 is 0 Å². The Hall–Kier alpha value is -0.120. The fourth-order valence-corrected chi connectivity index (χ4v) is 1.50. The molecule has 1 aliphatic carbocycles. The minimum absolute atomic E-state index is 0.445. The SMILES string of the molecule is CCOCCOCC1(CCN)CC1. The first kappa shape index (κ1) is 11.0. The molecule has 78 valence electrons. The Balaban J connectivity index is 1.93. The second-order valence-corrected chi connectivity index (χ2v) is 3.79. The van der Waals surface area contributed by atoms with Crippen LogP contribution in [0.3, 0.4) is 0 Å². The van der Waals surface area contributed by atoms with Crippen LogP contribution in [0.4, 0.5) is 0 Å². The summed E-state index contributed by atoms with van der Waals surface area (Å²) in [5.41, 5.74) is 5.97. The summed E-state index contributed by atoms with van der Waals surface area (Å²) in [6, 6.07) is 0. The highest BCUT2D eigenvalue weighted by molar-refractivity contribution is 4.92. The molecule has 2 N–H and O–H groups in total. The van der Waals surface area contributed by atoms with Crippen LogP contribution in [0.25, 0.3) is 0 Å². The zero-order valence-corrected chi connectivity index (χ0v) is 8.55. The second-order valence-electron chi connectivity index (χ2n) is 3.79. The Kier molecular flexibility index (Phi) is 4.70. The van der Waals surface area contributed by atoms with Crippen molar-refractivity contribution in [2.24, 2.45) is 11.1 Å². The van der Waals surface area contributed by atoms with E-state index >= 15 is 0 Å². The van der Waals surface area contributed by atoms with Gasteiger partial charge in [-0.15, -0.1) is 0 Å². The summed E-state index contributed by atoms with van der Waals surface area (Å²) in [5, 5.41) is 0. The molecular weight excluding hydrogens is 166 g/mol. The molecule has 0 aromatic rings. The molecule has 0 heterocycles. The van der Waals surface area contributed by atoms with Crippen molar-refractivity contribution in [1.29, 1.82) is 0 Å². The van der Waals surface area contributed by atoms with E-state index in [0.717, 1.165) is 39.4 Å². The third kappa shape index (κ3) is 4.07. The first-order valence-corrected chi connectivity index (χ1v) is 5.18. The van der Waals surface area contributed by atoms with Crippen molar-refractivity contribution < 1.29 is 9.47 Å². The molecule has 0 atom stereocenters. The Morgan fingerprint density at radius 3 is 2.46 bits per heavy atom. The Morgan fingerprint density at radius 2 is 1.92 bits per heavy atom. The van der Waals surface area contributed by atoms with E-state index < -0.39 is 0 Å². The van der Waals surface area contributed by atoms with E-state index in [1.807, 2.05) is 6.92 Å². The van der Waals surface area contributed by atoms with Crippen LogP contribution < -0.4 is 5.73 Å². The van der Waals surface area contributed by atoms with Crippen molar-refractivity contribution in [3.63, 3.8) is 0 Å². The Morgan fingerprint density at radius 1 is 1.23 bits per heavy atom. The van der Waals surface area contributed by atoms with Gasteiger partial charge in [0, 0.05) is 6.61 Å². The Bertz CT molecular complexity index is 135. The number of hydrogen-bond acceptors (Lipinski definition) is 3. The van der Waals surface area contributed by atoms with Crippen molar-refractivity contribution in [2.75, 3.05) is 33.0 Å². The highest BCUT2D eigenvalue weighted by Crippen LogP contribution is 2.48. The normalized spacial score (nSPS) is 18.9. The summed E-state index contributed by atoms with van der Waals surface area (Å²) in [6.45, 7) is 5.87.